The minimum Gasteiger partial charge on any atom is -0.455 e. The van der Waals surface area contributed by atoms with Crippen LogP contribution in [0.3, 0.4) is 0 Å². The molecule has 0 aliphatic heterocycles. The third-order valence-corrected chi connectivity index (χ3v) is 3.97. The lowest BCUT2D eigenvalue weighted by atomic mass is 10.0. The van der Waals surface area contributed by atoms with Crippen molar-refractivity contribution in [3.63, 3.8) is 0 Å². The number of rotatable bonds is 3. The largest absolute Gasteiger partial charge is 0.455 e. The summed E-state index contributed by atoms with van der Waals surface area (Å²) < 4.78 is 6.22. The van der Waals surface area contributed by atoms with Gasteiger partial charge >= 0.3 is 0 Å². The van der Waals surface area contributed by atoms with Crippen LogP contribution >= 0.6 is 0 Å². The third-order valence-electron chi connectivity index (χ3n) is 3.97. The van der Waals surface area contributed by atoms with E-state index >= 15 is 0 Å². The van der Waals surface area contributed by atoms with E-state index in [1.165, 1.54) is 0 Å². The summed E-state index contributed by atoms with van der Waals surface area (Å²) in [7, 11) is 0. The number of fused-ring (bicyclic) bond motifs is 1. The van der Waals surface area contributed by atoms with E-state index in [0.29, 0.717) is 5.56 Å². The molecule has 1 heterocycles. The van der Waals surface area contributed by atoms with E-state index in [-0.39, 0.29) is 0 Å². The zero-order valence-electron chi connectivity index (χ0n) is 12.4. The fraction of sp³-hybridized carbons (Fsp3) is 0. The molecule has 0 saturated heterocycles. The second kappa shape index (κ2) is 5.58. The lowest BCUT2D eigenvalue weighted by Crippen LogP contribution is -1.80. The fourth-order valence-electron chi connectivity index (χ4n) is 2.82. The van der Waals surface area contributed by atoms with Gasteiger partial charge in [0.25, 0.3) is 0 Å². The van der Waals surface area contributed by atoms with Crippen LogP contribution in [0.15, 0.2) is 83.3 Å². The first-order chi connectivity index (χ1) is 11.4. The van der Waals surface area contributed by atoms with Crippen LogP contribution in [0, 0.1) is 0 Å². The Morgan fingerprint density at radius 2 is 1.13 bits per heavy atom. The summed E-state index contributed by atoms with van der Waals surface area (Å²) in [5.41, 5.74) is 2.68. The van der Waals surface area contributed by atoms with Gasteiger partial charge in [0.1, 0.15) is 17.8 Å². The summed E-state index contributed by atoms with van der Waals surface area (Å²) in [6.07, 6.45) is 0.847. The molecule has 0 fully saturated rings. The van der Waals surface area contributed by atoms with Crippen LogP contribution in [-0.4, -0.2) is 6.29 Å². The first-order valence-electron chi connectivity index (χ1n) is 7.49. The van der Waals surface area contributed by atoms with E-state index in [4.69, 9.17) is 4.42 Å². The Bertz CT molecular complexity index is 964. The van der Waals surface area contributed by atoms with Crippen molar-refractivity contribution in [1.82, 2.24) is 0 Å². The molecular weight excluding hydrogens is 284 g/mol. The number of carbonyl (C=O) groups excluding carboxylic acids is 1. The molecule has 0 radical (unpaired) electrons. The van der Waals surface area contributed by atoms with Gasteiger partial charge in [0, 0.05) is 27.5 Å². The first kappa shape index (κ1) is 13.5. The zero-order chi connectivity index (χ0) is 15.6. The van der Waals surface area contributed by atoms with Crippen molar-refractivity contribution in [2.75, 3.05) is 0 Å². The number of benzene rings is 3. The maximum absolute atomic E-state index is 10.8. The summed E-state index contributed by atoms with van der Waals surface area (Å²) in [5.74, 6) is 1.70. The molecule has 0 N–H and O–H groups in total. The predicted octanol–water partition coefficient (Wildman–Crippen LogP) is 5.58. The van der Waals surface area contributed by atoms with Gasteiger partial charge in [-0.05, 0) is 0 Å². The SMILES string of the molecule is O=Cc1ccc(-c2oc(-c3ccccc3)c3ccccc23)cc1. The standard InChI is InChI=1S/C21H14O2/c22-14-15-10-12-17(13-11-15)21-19-9-5-4-8-18(19)20(23-21)16-6-2-1-3-7-16/h1-14H. The van der Waals surface area contributed by atoms with Crippen LogP contribution in [0.1, 0.15) is 10.4 Å². The zero-order valence-corrected chi connectivity index (χ0v) is 12.4. The maximum atomic E-state index is 10.8. The predicted molar refractivity (Wildman–Crippen MR) is 92.5 cm³/mol. The number of aldehydes is 1. The average Bonchev–Trinajstić information content (AvgIpc) is 3.02. The first-order valence-corrected chi connectivity index (χ1v) is 7.49. The topological polar surface area (TPSA) is 30.2 Å². The van der Waals surface area contributed by atoms with E-state index in [9.17, 15) is 4.79 Å². The molecule has 2 nitrogen and oxygen atoms in total. The van der Waals surface area contributed by atoms with Crippen molar-refractivity contribution in [2.45, 2.75) is 0 Å². The van der Waals surface area contributed by atoms with Gasteiger partial charge in [-0.25, -0.2) is 0 Å². The van der Waals surface area contributed by atoms with E-state index in [1.807, 2.05) is 66.7 Å². The second-order valence-electron chi connectivity index (χ2n) is 5.41. The molecule has 0 atom stereocenters. The quantitative estimate of drug-likeness (QED) is 0.462. The van der Waals surface area contributed by atoms with Gasteiger partial charge in [0.2, 0.25) is 0 Å². The summed E-state index contributed by atoms with van der Waals surface area (Å²) in [6, 6.07) is 25.7. The maximum Gasteiger partial charge on any atom is 0.150 e. The molecule has 4 aromatic rings. The van der Waals surface area contributed by atoms with Crippen molar-refractivity contribution in [2.24, 2.45) is 0 Å². The molecule has 0 spiro atoms. The molecule has 0 aliphatic carbocycles. The number of furan rings is 1. The Morgan fingerprint density at radius 3 is 1.70 bits per heavy atom. The Balaban J connectivity index is 1.95. The minimum atomic E-state index is 0.660. The third kappa shape index (κ3) is 2.34. The van der Waals surface area contributed by atoms with Gasteiger partial charge in [-0.2, -0.15) is 0 Å². The lowest BCUT2D eigenvalue weighted by Gasteiger charge is -1.99. The summed E-state index contributed by atoms with van der Waals surface area (Å²) in [6.45, 7) is 0. The highest BCUT2D eigenvalue weighted by Gasteiger charge is 2.15. The lowest BCUT2D eigenvalue weighted by molar-refractivity contribution is 0.112. The Morgan fingerprint density at radius 1 is 0.609 bits per heavy atom. The van der Waals surface area contributed by atoms with Crippen LogP contribution in [0.2, 0.25) is 0 Å². The van der Waals surface area contributed by atoms with Crippen LogP contribution in [-0.2, 0) is 0 Å². The molecule has 1 aromatic heterocycles. The Kier molecular flexibility index (Phi) is 3.28. The fourth-order valence-corrected chi connectivity index (χ4v) is 2.82. The van der Waals surface area contributed by atoms with Gasteiger partial charge in [0.15, 0.2) is 0 Å². The van der Waals surface area contributed by atoms with Crippen LogP contribution in [0.5, 0.6) is 0 Å². The highest BCUT2D eigenvalue weighted by atomic mass is 16.3. The van der Waals surface area contributed by atoms with Crippen molar-refractivity contribution >= 4 is 17.1 Å². The molecule has 23 heavy (non-hydrogen) atoms. The summed E-state index contributed by atoms with van der Waals surface area (Å²) >= 11 is 0. The number of carbonyl (C=O) groups is 1. The molecule has 2 heteroatoms. The van der Waals surface area contributed by atoms with E-state index in [2.05, 4.69) is 12.1 Å². The van der Waals surface area contributed by atoms with Crippen LogP contribution < -0.4 is 0 Å². The highest BCUT2D eigenvalue weighted by molar-refractivity contribution is 6.02. The molecule has 0 unspecified atom stereocenters. The van der Waals surface area contributed by atoms with Gasteiger partial charge in [-0.3, -0.25) is 4.79 Å². The van der Waals surface area contributed by atoms with Crippen molar-refractivity contribution in [1.29, 1.82) is 0 Å². The molecule has 0 aliphatic rings. The van der Waals surface area contributed by atoms with E-state index in [1.54, 1.807) is 0 Å². The van der Waals surface area contributed by atoms with Crippen molar-refractivity contribution in [3.8, 4) is 22.6 Å². The van der Waals surface area contributed by atoms with E-state index < -0.39 is 0 Å². The minimum absolute atomic E-state index is 0.660. The Hall–Kier alpha value is -3.13. The monoisotopic (exact) mass is 298 g/mol. The normalized spacial score (nSPS) is 10.8. The van der Waals surface area contributed by atoms with Crippen molar-refractivity contribution < 1.29 is 9.21 Å². The van der Waals surface area contributed by atoms with Gasteiger partial charge in [-0.15, -0.1) is 0 Å². The summed E-state index contributed by atoms with van der Waals surface area (Å²) in [5, 5.41) is 2.17. The number of hydrogen-bond donors (Lipinski definition) is 0. The molecule has 0 bridgehead atoms. The average molecular weight is 298 g/mol. The smallest absolute Gasteiger partial charge is 0.150 e. The molecular formula is C21H14O2. The highest BCUT2D eigenvalue weighted by Crippen LogP contribution is 2.38. The van der Waals surface area contributed by atoms with Crippen LogP contribution in [0.25, 0.3) is 33.4 Å². The van der Waals surface area contributed by atoms with Gasteiger partial charge < -0.3 is 4.42 Å². The number of hydrogen-bond acceptors (Lipinski definition) is 2. The molecule has 4 rings (SSSR count). The van der Waals surface area contributed by atoms with Gasteiger partial charge in [-0.1, -0.05) is 78.9 Å². The summed E-state index contributed by atoms with van der Waals surface area (Å²) in [4.78, 5) is 10.8. The van der Waals surface area contributed by atoms with Gasteiger partial charge in [0.05, 0.1) is 0 Å². The Labute approximate surface area is 134 Å². The van der Waals surface area contributed by atoms with E-state index in [0.717, 1.165) is 39.7 Å². The molecule has 110 valence electrons. The second-order valence-corrected chi connectivity index (χ2v) is 5.41. The van der Waals surface area contributed by atoms with Crippen LogP contribution in [0.4, 0.5) is 0 Å². The molecule has 0 saturated carbocycles. The van der Waals surface area contributed by atoms with Crippen molar-refractivity contribution in [3.05, 3.63) is 84.4 Å². The molecule has 3 aromatic carbocycles. The molecule has 0 amide bonds.